The highest BCUT2D eigenvalue weighted by molar-refractivity contribution is 6.25. The maximum absolute atomic E-state index is 13.3. The lowest BCUT2D eigenvalue weighted by molar-refractivity contribution is -0.136. The van der Waals surface area contributed by atoms with E-state index in [1.807, 2.05) is 51.2 Å². The molecule has 6 amide bonds. The monoisotopic (exact) mass is 897 g/mol. The first-order valence-electron chi connectivity index (χ1n) is 21.7. The number of rotatable bonds is 20. The van der Waals surface area contributed by atoms with Gasteiger partial charge in [-0.05, 0) is 70.4 Å². The Balaban J connectivity index is 0.822. The number of hydrogen-bond acceptors (Lipinski definition) is 16. The number of amides is 6. The van der Waals surface area contributed by atoms with Crippen molar-refractivity contribution in [2.75, 3.05) is 62.1 Å². The summed E-state index contributed by atoms with van der Waals surface area (Å²) >= 11 is 0. The third kappa shape index (κ3) is 11.5. The molecule has 1 saturated carbocycles. The summed E-state index contributed by atoms with van der Waals surface area (Å²) < 4.78 is 24.7. The fourth-order valence-electron chi connectivity index (χ4n) is 8.02. The van der Waals surface area contributed by atoms with E-state index in [0.717, 1.165) is 41.5 Å². The predicted molar refractivity (Wildman–Crippen MR) is 237 cm³/mol. The summed E-state index contributed by atoms with van der Waals surface area (Å²) in [6.45, 7) is 8.52. The lowest BCUT2D eigenvalue weighted by atomic mass is 9.90. The van der Waals surface area contributed by atoms with E-state index < -0.39 is 47.3 Å². The highest BCUT2D eigenvalue weighted by atomic mass is 16.6. The van der Waals surface area contributed by atoms with Gasteiger partial charge in [0.2, 0.25) is 17.8 Å². The summed E-state index contributed by atoms with van der Waals surface area (Å²) in [7, 11) is 0. The van der Waals surface area contributed by atoms with Crippen LogP contribution < -0.4 is 32.3 Å². The largest absolute Gasteiger partial charge is 0.444 e. The van der Waals surface area contributed by atoms with Gasteiger partial charge in [-0.2, -0.15) is 4.98 Å². The Bertz CT molecular complexity index is 2420. The number of primary amides is 1. The molecule has 2 fully saturated rings. The van der Waals surface area contributed by atoms with Crippen LogP contribution in [0.25, 0.3) is 10.9 Å². The number of anilines is 4. The van der Waals surface area contributed by atoms with Gasteiger partial charge in [-0.3, -0.25) is 34.2 Å². The van der Waals surface area contributed by atoms with Crippen molar-refractivity contribution in [2.24, 2.45) is 5.73 Å². The van der Waals surface area contributed by atoms with Gasteiger partial charge in [-0.1, -0.05) is 25.0 Å². The van der Waals surface area contributed by atoms with Crippen molar-refractivity contribution in [1.82, 2.24) is 35.3 Å². The molecule has 7 N–H and O–H groups in total. The second kappa shape index (κ2) is 20.9. The minimum atomic E-state index is -1.03. The molecule has 0 spiro atoms. The minimum absolute atomic E-state index is 0.0499. The number of alkyl carbamates (subject to hydrolysis) is 1. The summed E-state index contributed by atoms with van der Waals surface area (Å²) in [4.78, 5) is 80.8. The standard InChI is InChI=1S/C44H55N11O10/c1-44(2,3)65-43(61)49-30-10-5-4-9-29(30)48-42-51-38(36(37(45)57)52-53-42)47-28-11-7-13-32-26(28)16-18-54(32)19-21-63-23-25-64-24-22-62-20-17-46-31-12-6-8-27-35(31)41(60)55(40(27)59)33-14-15-34(56)50-39(33)58/h6-8,11-13,16,18,29-30,33,46H,4-5,9-10,14-15,17,19-25H2,1-3H3,(H2,45,57)(H,49,61)(H,50,56,58)(H2,47,48,51,53)/t29?,30-,33?/m0/s1. The summed E-state index contributed by atoms with van der Waals surface area (Å²) in [6, 6.07) is 11.1. The molecule has 2 aromatic heterocycles. The number of imide groups is 2. The molecule has 2 aliphatic heterocycles. The van der Waals surface area contributed by atoms with Gasteiger partial charge in [0.25, 0.3) is 17.7 Å². The Kier molecular flexibility index (Phi) is 14.9. The maximum Gasteiger partial charge on any atom is 0.407 e. The van der Waals surface area contributed by atoms with E-state index in [0.29, 0.717) is 64.1 Å². The number of nitrogens with one attached hydrogen (secondary N) is 5. The van der Waals surface area contributed by atoms with Gasteiger partial charge in [0.15, 0.2) is 11.5 Å². The average molecular weight is 898 g/mol. The van der Waals surface area contributed by atoms with Crippen LogP contribution in [0.15, 0.2) is 48.7 Å². The third-order valence-corrected chi connectivity index (χ3v) is 11.0. The number of piperidine rings is 1. The normalized spacial score (nSPS) is 18.6. The summed E-state index contributed by atoms with van der Waals surface area (Å²) in [6.07, 6.45) is 4.99. The highest BCUT2D eigenvalue weighted by Crippen LogP contribution is 2.33. The van der Waals surface area contributed by atoms with Gasteiger partial charge in [-0.25, -0.2) is 4.79 Å². The van der Waals surface area contributed by atoms with Crippen molar-refractivity contribution in [1.29, 1.82) is 0 Å². The lowest BCUT2D eigenvalue weighted by Crippen LogP contribution is -2.54. The Morgan fingerprint density at radius 1 is 0.846 bits per heavy atom. The summed E-state index contributed by atoms with van der Waals surface area (Å²) in [5.74, 6) is -2.69. The number of aromatic nitrogens is 4. The molecule has 1 aliphatic carbocycles. The summed E-state index contributed by atoms with van der Waals surface area (Å²) in [5, 5.41) is 23.9. The van der Waals surface area contributed by atoms with Crippen molar-refractivity contribution >= 4 is 69.7 Å². The van der Waals surface area contributed by atoms with E-state index in [2.05, 4.69) is 46.3 Å². The van der Waals surface area contributed by atoms with Crippen molar-refractivity contribution < 1.29 is 47.7 Å². The molecular formula is C44H55N11O10. The zero-order chi connectivity index (χ0) is 46.1. The van der Waals surface area contributed by atoms with Crippen LogP contribution in [0.5, 0.6) is 0 Å². The molecule has 346 valence electrons. The number of ether oxygens (including phenoxy) is 4. The topological polar surface area (TPSA) is 272 Å². The van der Waals surface area contributed by atoms with Crippen molar-refractivity contribution in [3.63, 3.8) is 0 Å². The van der Waals surface area contributed by atoms with E-state index in [-0.39, 0.29) is 53.5 Å². The van der Waals surface area contributed by atoms with Gasteiger partial charge in [-0.15, -0.1) is 10.2 Å². The fourth-order valence-corrected chi connectivity index (χ4v) is 8.02. The first-order valence-corrected chi connectivity index (χ1v) is 21.7. The van der Waals surface area contributed by atoms with Crippen molar-refractivity contribution in [2.45, 2.75) is 89.6 Å². The molecular weight excluding hydrogens is 843 g/mol. The first-order chi connectivity index (χ1) is 31.3. The Hall–Kier alpha value is -6.71. The van der Waals surface area contributed by atoms with Crippen LogP contribution in [0.2, 0.25) is 0 Å². The number of carbonyl (C=O) groups excluding carboxylic acids is 6. The van der Waals surface area contributed by atoms with Gasteiger partial charge >= 0.3 is 6.09 Å². The summed E-state index contributed by atoms with van der Waals surface area (Å²) in [5.41, 5.74) is 7.38. The average Bonchev–Trinajstić information content (AvgIpc) is 3.79. The molecule has 0 radical (unpaired) electrons. The quantitative estimate of drug-likeness (QED) is 0.0547. The van der Waals surface area contributed by atoms with Crippen LogP contribution in [-0.2, 0) is 35.1 Å². The van der Waals surface area contributed by atoms with Crippen LogP contribution in [0.1, 0.15) is 90.5 Å². The lowest BCUT2D eigenvalue weighted by Gasteiger charge is -2.33. The SMILES string of the molecule is CC(C)(C)OC(=O)N[C@H]1CCCCC1Nc1nnc(C(N)=O)c(Nc2cccc3c2ccn3CCOCCOCCOCCNc2cccc3c2C(=O)N(C2CCC(=O)NC2=O)C3=O)n1. The van der Waals surface area contributed by atoms with E-state index in [1.165, 1.54) is 0 Å². The second-order valence-electron chi connectivity index (χ2n) is 16.8. The molecule has 7 rings (SSSR count). The number of benzene rings is 2. The van der Waals surface area contributed by atoms with Crippen molar-refractivity contribution in [3.05, 3.63) is 65.5 Å². The Morgan fingerprint density at radius 3 is 2.29 bits per heavy atom. The van der Waals surface area contributed by atoms with Gasteiger partial charge in [0, 0.05) is 48.5 Å². The molecule has 3 atom stereocenters. The van der Waals surface area contributed by atoms with Crippen molar-refractivity contribution in [3.8, 4) is 0 Å². The molecule has 2 aromatic carbocycles. The molecule has 1 saturated heterocycles. The van der Waals surface area contributed by atoms with Gasteiger partial charge in [0.05, 0.1) is 62.3 Å². The fraction of sp³-hybridized carbons (Fsp3) is 0.477. The van der Waals surface area contributed by atoms with Gasteiger partial charge in [0.1, 0.15) is 11.6 Å². The molecule has 2 unspecified atom stereocenters. The third-order valence-electron chi connectivity index (χ3n) is 11.0. The smallest absolute Gasteiger partial charge is 0.407 e. The second-order valence-corrected chi connectivity index (χ2v) is 16.8. The number of nitrogens with zero attached hydrogens (tertiary/aromatic N) is 5. The number of nitrogens with two attached hydrogens (primary N) is 1. The van der Waals surface area contributed by atoms with Crippen LogP contribution in [0.4, 0.5) is 27.9 Å². The highest BCUT2D eigenvalue weighted by Gasteiger charge is 2.45. The number of carbonyl (C=O) groups is 6. The van der Waals surface area contributed by atoms with Crippen LogP contribution in [0, 0.1) is 0 Å². The Labute approximate surface area is 374 Å². The molecule has 3 aliphatic rings. The van der Waals surface area contributed by atoms with E-state index in [9.17, 15) is 28.8 Å². The molecule has 21 nitrogen and oxygen atoms in total. The van der Waals surface area contributed by atoms with E-state index >= 15 is 0 Å². The molecule has 0 bridgehead atoms. The Morgan fingerprint density at radius 2 is 1.55 bits per heavy atom. The number of fused-ring (bicyclic) bond motifs is 2. The zero-order valence-corrected chi connectivity index (χ0v) is 36.6. The molecule has 4 aromatic rings. The van der Waals surface area contributed by atoms with Crippen LogP contribution in [-0.4, -0.2) is 130 Å². The maximum atomic E-state index is 13.3. The predicted octanol–water partition coefficient (Wildman–Crippen LogP) is 3.48. The van der Waals surface area contributed by atoms with E-state index in [4.69, 9.17) is 24.7 Å². The number of hydrogen-bond donors (Lipinski definition) is 6. The minimum Gasteiger partial charge on any atom is -0.444 e. The van der Waals surface area contributed by atoms with Gasteiger partial charge < -0.3 is 50.5 Å². The zero-order valence-electron chi connectivity index (χ0n) is 36.6. The first kappa shape index (κ1) is 46.3. The molecule has 4 heterocycles. The molecule has 65 heavy (non-hydrogen) atoms. The van der Waals surface area contributed by atoms with Crippen LogP contribution >= 0.6 is 0 Å². The molecule has 21 heteroatoms. The van der Waals surface area contributed by atoms with E-state index in [1.54, 1.807) is 18.2 Å². The van der Waals surface area contributed by atoms with Crippen LogP contribution in [0.3, 0.4) is 0 Å².